The lowest BCUT2D eigenvalue weighted by Crippen LogP contribution is -2.35. The maximum Gasteiger partial charge on any atom is 0.268 e. The molecule has 1 aromatic heterocycles. The molecule has 0 saturated heterocycles. The lowest BCUT2D eigenvalue weighted by Gasteiger charge is -2.16. The van der Waals surface area contributed by atoms with Crippen molar-refractivity contribution < 1.29 is 4.79 Å². The summed E-state index contributed by atoms with van der Waals surface area (Å²) >= 11 is 0. The SMILES string of the molecule is Cc1n[nH]c(=O)c2c1CNC(=O)C2. The molecule has 2 heterocycles. The van der Waals surface area contributed by atoms with E-state index in [9.17, 15) is 9.59 Å². The predicted molar refractivity (Wildman–Crippen MR) is 45.1 cm³/mol. The van der Waals surface area contributed by atoms with Crippen LogP contribution in [-0.4, -0.2) is 16.1 Å². The van der Waals surface area contributed by atoms with E-state index < -0.39 is 0 Å². The van der Waals surface area contributed by atoms with Crippen molar-refractivity contribution in [2.45, 2.75) is 19.9 Å². The average molecular weight is 179 g/mol. The topological polar surface area (TPSA) is 74.8 Å². The summed E-state index contributed by atoms with van der Waals surface area (Å²) in [6, 6.07) is 0. The Labute approximate surface area is 74.2 Å². The van der Waals surface area contributed by atoms with Gasteiger partial charge in [0.15, 0.2) is 0 Å². The number of aromatic nitrogens is 2. The van der Waals surface area contributed by atoms with E-state index in [1.807, 2.05) is 6.92 Å². The number of amides is 1. The fraction of sp³-hybridized carbons (Fsp3) is 0.375. The molecule has 0 saturated carbocycles. The molecule has 1 aromatic rings. The molecule has 0 atom stereocenters. The van der Waals surface area contributed by atoms with E-state index in [2.05, 4.69) is 15.5 Å². The lowest BCUT2D eigenvalue weighted by atomic mass is 10.0. The molecule has 1 aliphatic rings. The Morgan fingerprint density at radius 1 is 1.31 bits per heavy atom. The minimum Gasteiger partial charge on any atom is -0.352 e. The first-order chi connectivity index (χ1) is 6.18. The monoisotopic (exact) mass is 179 g/mol. The third-order valence-electron chi connectivity index (χ3n) is 2.20. The van der Waals surface area contributed by atoms with Crippen molar-refractivity contribution in [2.24, 2.45) is 0 Å². The van der Waals surface area contributed by atoms with Gasteiger partial charge in [0.05, 0.1) is 12.1 Å². The number of H-pyrrole nitrogens is 1. The summed E-state index contributed by atoms with van der Waals surface area (Å²) in [6.07, 6.45) is 0.161. The van der Waals surface area contributed by atoms with Crippen molar-refractivity contribution in [3.63, 3.8) is 0 Å². The smallest absolute Gasteiger partial charge is 0.268 e. The fourth-order valence-corrected chi connectivity index (χ4v) is 1.46. The van der Waals surface area contributed by atoms with Crippen LogP contribution in [0.25, 0.3) is 0 Å². The second kappa shape index (κ2) is 2.69. The number of hydrogen-bond acceptors (Lipinski definition) is 3. The quantitative estimate of drug-likeness (QED) is 0.550. The Bertz CT molecular complexity index is 422. The van der Waals surface area contributed by atoms with Gasteiger partial charge in [-0.3, -0.25) is 9.59 Å². The molecule has 1 amide bonds. The van der Waals surface area contributed by atoms with Gasteiger partial charge in [-0.2, -0.15) is 5.10 Å². The minimum absolute atomic E-state index is 0.108. The summed E-state index contributed by atoms with van der Waals surface area (Å²) in [4.78, 5) is 22.3. The summed E-state index contributed by atoms with van der Waals surface area (Å²) in [7, 11) is 0. The van der Waals surface area contributed by atoms with Crippen molar-refractivity contribution in [3.8, 4) is 0 Å². The largest absolute Gasteiger partial charge is 0.352 e. The van der Waals surface area contributed by atoms with Crippen LogP contribution in [0.15, 0.2) is 4.79 Å². The van der Waals surface area contributed by atoms with Gasteiger partial charge < -0.3 is 5.32 Å². The molecule has 0 radical (unpaired) electrons. The summed E-state index contributed by atoms with van der Waals surface area (Å²) in [6.45, 7) is 2.23. The highest BCUT2D eigenvalue weighted by atomic mass is 16.2. The number of carbonyl (C=O) groups excluding carboxylic acids is 1. The molecule has 1 aliphatic heterocycles. The van der Waals surface area contributed by atoms with E-state index in [4.69, 9.17) is 0 Å². The molecule has 0 aromatic carbocycles. The van der Waals surface area contributed by atoms with Crippen molar-refractivity contribution in [1.82, 2.24) is 15.5 Å². The van der Waals surface area contributed by atoms with Crippen LogP contribution < -0.4 is 10.9 Å². The number of aryl methyl sites for hydroxylation is 1. The highest BCUT2D eigenvalue weighted by Gasteiger charge is 2.19. The van der Waals surface area contributed by atoms with E-state index in [0.29, 0.717) is 12.1 Å². The van der Waals surface area contributed by atoms with E-state index in [1.54, 1.807) is 0 Å². The Kier molecular flexibility index (Phi) is 1.65. The second-order valence-electron chi connectivity index (χ2n) is 3.05. The van der Waals surface area contributed by atoms with E-state index in [0.717, 1.165) is 11.3 Å². The summed E-state index contributed by atoms with van der Waals surface area (Å²) < 4.78 is 0. The first kappa shape index (κ1) is 7.97. The van der Waals surface area contributed by atoms with Crippen LogP contribution in [0.1, 0.15) is 16.8 Å². The van der Waals surface area contributed by atoms with E-state index >= 15 is 0 Å². The van der Waals surface area contributed by atoms with Crippen LogP contribution in [-0.2, 0) is 17.8 Å². The number of fused-ring (bicyclic) bond motifs is 1. The van der Waals surface area contributed by atoms with Crippen molar-refractivity contribution in [3.05, 3.63) is 27.2 Å². The lowest BCUT2D eigenvalue weighted by molar-refractivity contribution is -0.121. The van der Waals surface area contributed by atoms with Crippen molar-refractivity contribution >= 4 is 5.91 Å². The maximum atomic E-state index is 11.3. The summed E-state index contributed by atoms with van der Waals surface area (Å²) in [5.74, 6) is -0.108. The number of nitrogens with zero attached hydrogens (tertiary/aromatic N) is 1. The third-order valence-corrected chi connectivity index (χ3v) is 2.20. The van der Waals surface area contributed by atoms with Crippen LogP contribution >= 0.6 is 0 Å². The van der Waals surface area contributed by atoms with Gasteiger partial charge in [0.25, 0.3) is 5.56 Å². The first-order valence-corrected chi connectivity index (χ1v) is 4.02. The van der Waals surface area contributed by atoms with Crippen molar-refractivity contribution in [2.75, 3.05) is 0 Å². The highest BCUT2D eigenvalue weighted by molar-refractivity contribution is 5.80. The molecular formula is C8H9N3O2. The minimum atomic E-state index is -0.254. The zero-order chi connectivity index (χ0) is 9.42. The van der Waals surface area contributed by atoms with Crippen LogP contribution in [0, 0.1) is 6.92 Å². The maximum absolute atomic E-state index is 11.3. The van der Waals surface area contributed by atoms with Gasteiger partial charge in [0, 0.05) is 17.7 Å². The first-order valence-electron chi connectivity index (χ1n) is 4.02. The molecule has 0 bridgehead atoms. The molecule has 0 unspecified atom stereocenters. The van der Waals surface area contributed by atoms with Gasteiger partial charge in [-0.25, -0.2) is 5.10 Å². The van der Waals surface area contributed by atoms with Crippen LogP contribution in [0.2, 0.25) is 0 Å². The Morgan fingerprint density at radius 2 is 2.08 bits per heavy atom. The fourth-order valence-electron chi connectivity index (χ4n) is 1.46. The number of carbonyl (C=O) groups is 1. The number of aromatic amines is 1. The van der Waals surface area contributed by atoms with Gasteiger partial charge in [-0.05, 0) is 6.92 Å². The van der Waals surface area contributed by atoms with Gasteiger partial charge in [-0.15, -0.1) is 0 Å². The number of nitrogens with one attached hydrogen (secondary N) is 2. The number of hydrogen-bond donors (Lipinski definition) is 2. The zero-order valence-corrected chi connectivity index (χ0v) is 7.18. The van der Waals surface area contributed by atoms with Gasteiger partial charge in [0.2, 0.25) is 5.91 Å². The Hall–Kier alpha value is -1.65. The molecule has 5 heteroatoms. The summed E-state index contributed by atoms with van der Waals surface area (Å²) in [5.41, 5.74) is 1.92. The predicted octanol–water partition coefficient (Wildman–Crippen LogP) is -0.749. The second-order valence-corrected chi connectivity index (χ2v) is 3.05. The molecule has 68 valence electrons. The normalized spacial score (nSPS) is 15.0. The highest BCUT2D eigenvalue weighted by Crippen LogP contribution is 2.11. The Morgan fingerprint density at radius 3 is 2.85 bits per heavy atom. The third kappa shape index (κ3) is 1.22. The molecule has 2 N–H and O–H groups in total. The van der Waals surface area contributed by atoms with Crippen LogP contribution in [0.4, 0.5) is 0 Å². The summed E-state index contributed by atoms with van der Waals surface area (Å²) in [5, 5.41) is 8.87. The van der Waals surface area contributed by atoms with Crippen LogP contribution in [0.5, 0.6) is 0 Å². The van der Waals surface area contributed by atoms with Crippen molar-refractivity contribution in [1.29, 1.82) is 0 Å². The van der Waals surface area contributed by atoms with Gasteiger partial charge in [0.1, 0.15) is 0 Å². The molecule has 2 rings (SSSR count). The molecular weight excluding hydrogens is 170 g/mol. The van der Waals surface area contributed by atoms with E-state index in [1.165, 1.54) is 0 Å². The molecule has 0 fully saturated rings. The van der Waals surface area contributed by atoms with Crippen LogP contribution in [0.3, 0.4) is 0 Å². The average Bonchev–Trinajstić information content (AvgIpc) is 2.12. The standard InChI is InChI=1S/C8H9N3O2/c1-4-6-3-9-7(12)2-5(6)8(13)11-10-4/h2-3H2,1H3,(H,9,12)(H,11,13). The molecule has 5 nitrogen and oxygen atoms in total. The molecule has 13 heavy (non-hydrogen) atoms. The zero-order valence-electron chi connectivity index (χ0n) is 7.18. The molecule has 0 aliphatic carbocycles. The van der Waals surface area contributed by atoms with E-state index in [-0.39, 0.29) is 17.9 Å². The molecule has 0 spiro atoms. The van der Waals surface area contributed by atoms with Gasteiger partial charge >= 0.3 is 0 Å². The number of rotatable bonds is 0. The Balaban J connectivity index is 2.64. The van der Waals surface area contributed by atoms with Gasteiger partial charge in [-0.1, -0.05) is 0 Å².